The molecule has 0 amide bonds. The topological polar surface area (TPSA) is 237 Å². The van der Waals surface area contributed by atoms with Crippen molar-refractivity contribution in [1.29, 1.82) is 0 Å². The summed E-state index contributed by atoms with van der Waals surface area (Å²) in [5, 5.41) is -1.67. The van der Waals surface area contributed by atoms with Crippen LogP contribution in [-0.4, -0.2) is 117 Å². The van der Waals surface area contributed by atoms with Crippen LogP contribution in [0.1, 0.15) is 41.5 Å². The molecule has 0 unspecified atom stereocenters. The highest BCUT2D eigenvalue weighted by atomic mass is 33.1. The summed E-state index contributed by atoms with van der Waals surface area (Å²) in [4.78, 5) is 105. The van der Waals surface area contributed by atoms with E-state index in [4.69, 9.17) is 28.4 Å². The predicted molar refractivity (Wildman–Crippen MR) is 202 cm³/mol. The molecule has 24 heteroatoms. The van der Waals surface area contributed by atoms with Crippen molar-refractivity contribution >= 4 is 98.6 Å². The number of hydrogen-bond donors (Lipinski definition) is 0. The molecule has 1 aromatic rings. The van der Waals surface area contributed by atoms with Gasteiger partial charge in [0.05, 0.1) is 70.3 Å². The molecule has 0 aliphatic rings. The lowest BCUT2D eigenvalue weighted by Gasteiger charge is -2.11. The third-order valence-electron chi connectivity index (χ3n) is 5.03. The summed E-state index contributed by atoms with van der Waals surface area (Å²) in [7, 11) is 4.99. The molecular weight excluding hydrogens is 799 g/mol. The maximum atomic E-state index is 13.2. The Hall–Kier alpha value is -2.67. The van der Waals surface area contributed by atoms with E-state index in [1.54, 1.807) is 41.5 Å². The fourth-order valence-electron chi connectivity index (χ4n) is 3.28. The molecule has 0 radical (unpaired) electrons. The van der Waals surface area contributed by atoms with Gasteiger partial charge in [0.15, 0.2) is 0 Å². The predicted octanol–water partition coefficient (Wildman–Crippen LogP) is 1.60. The van der Waals surface area contributed by atoms with E-state index in [2.05, 4.69) is 0 Å². The monoisotopic (exact) mass is 840 g/mol. The Morgan fingerprint density at radius 3 is 0.961 bits per heavy atom. The lowest BCUT2D eigenvalue weighted by molar-refractivity contribution is -0.145. The molecule has 0 saturated carbocycles. The molecule has 0 bridgehead atoms. The van der Waals surface area contributed by atoms with Crippen molar-refractivity contribution in [2.45, 2.75) is 79.5 Å². The van der Waals surface area contributed by atoms with Crippen LogP contribution in [0, 0.1) is 0 Å². The van der Waals surface area contributed by atoms with Crippen LogP contribution in [0.5, 0.6) is 0 Å². The Labute approximate surface area is 316 Å². The van der Waals surface area contributed by atoms with Gasteiger partial charge in [0.2, 0.25) is 19.8 Å². The van der Waals surface area contributed by atoms with Gasteiger partial charge in [0, 0.05) is 0 Å². The van der Waals surface area contributed by atoms with Crippen LogP contribution >= 0.6 is 64.8 Å². The number of carbonyl (C=O) groups excluding carboxylic acids is 6. The van der Waals surface area contributed by atoms with E-state index in [-0.39, 0.29) is 55.4 Å². The van der Waals surface area contributed by atoms with Gasteiger partial charge in [0.25, 0.3) is 0 Å². The van der Waals surface area contributed by atoms with Gasteiger partial charge < -0.3 is 42.8 Å². The number of hydrogen-bond acceptors (Lipinski definition) is 18. The first kappa shape index (κ1) is 46.4. The summed E-state index contributed by atoms with van der Waals surface area (Å²) in [6, 6.07) is 0. The maximum absolute atomic E-state index is 13.2. The number of nitrogens with zero attached hydrogens (tertiary/aromatic N) is 3. The molecule has 1 heterocycles. The summed E-state index contributed by atoms with van der Waals surface area (Å²) in [6.07, 6.45) is -0.909. The normalized spacial score (nSPS) is 11.0. The van der Waals surface area contributed by atoms with Crippen LogP contribution in [-0.2, 0) is 62.4 Å². The highest BCUT2D eigenvalue weighted by Crippen LogP contribution is 2.24. The Morgan fingerprint density at radius 1 is 0.510 bits per heavy atom. The van der Waals surface area contributed by atoms with Crippen LogP contribution in [0.25, 0.3) is 0 Å². The first-order valence-corrected chi connectivity index (χ1v) is 21.9. The van der Waals surface area contributed by atoms with Gasteiger partial charge in [-0.25, -0.2) is 28.1 Å². The maximum Gasteiger partial charge on any atom is 0.561 e. The van der Waals surface area contributed by atoms with Crippen LogP contribution in [0.4, 0.5) is 0 Å². The van der Waals surface area contributed by atoms with Crippen LogP contribution in [0.15, 0.2) is 14.4 Å². The second-order valence-corrected chi connectivity index (χ2v) is 17.0. The SMILES string of the molecule is CC(C)OC(=O)CSSC(=[OH+])OCCn1c(=O)n(CCOC(=[OH+])SSCC(=O)OC(C)C)c(=O)n(CCOC(=[OH+])SSCC(=O)OC(C)C)c1=O. The minimum absolute atomic E-state index is 0.0841. The van der Waals surface area contributed by atoms with Gasteiger partial charge >= 0.3 is 50.9 Å². The molecule has 0 aromatic carbocycles. The Balaban J connectivity index is 2.95. The van der Waals surface area contributed by atoms with E-state index < -0.39 is 70.5 Å². The first-order chi connectivity index (χ1) is 24.0. The highest BCUT2D eigenvalue weighted by molar-refractivity contribution is 8.82. The van der Waals surface area contributed by atoms with Gasteiger partial charge in [-0.3, -0.25) is 14.4 Å². The van der Waals surface area contributed by atoms with Crippen LogP contribution in [0.3, 0.4) is 0 Å². The molecule has 0 fully saturated rings. The number of esters is 3. The smallest absolute Gasteiger partial charge is 0.462 e. The van der Waals surface area contributed by atoms with Crippen LogP contribution < -0.4 is 17.1 Å². The summed E-state index contributed by atoms with van der Waals surface area (Å²) in [5.74, 6) is -1.75. The zero-order chi connectivity index (χ0) is 38.5. The molecule has 3 N–H and O–H groups in total. The van der Waals surface area contributed by atoms with Crippen molar-refractivity contribution < 1.29 is 57.2 Å². The van der Waals surface area contributed by atoms with Crippen molar-refractivity contribution in [1.82, 2.24) is 13.7 Å². The van der Waals surface area contributed by atoms with E-state index in [1.165, 1.54) is 0 Å². The number of carbonyl (C=O) groups is 3. The van der Waals surface area contributed by atoms with Gasteiger partial charge in [0.1, 0.15) is 17.3 Å². The molecule has 0 atom stereocenters. The molecule has 1 rings (SSSR count). The van der Waals surface area contributed by atoms with E-state index in [9.17, 15) is 43.2 Å². The summed E-state index contributed by atoms with van der Waals surface area (Å²) in [5.41, 5.74) is -3.13. The zero-order valence-corrected chi connectivity index (χ0v) is 33.5. The van der Waals surface area contributed by atoms with Crippen molar-refractivity contribution in [3.05, 3.63) is 31.5 Å². The largest absolute Gasteiger partial charge is 0.561 e. The van der Waals surface area contributed by atoms with Gasteiger partial charge in [-0.1, -0.05) is 32.4 Å². The average molecular weight is 841 g/mol. The fourth-order valence-corrected chi connectivity index (χ4v) is 7.38. The van der Waals surface area contributed by atoms with Crippen molar-refractivity contribution in [2.75, 3.05) is 37.1 Å². The van der Waals surface area contributed by atoms with Crippen molar-refractivity contribution in [3.63, 3.8) is 0 Å². The van der Waals surface area contributed by atoms with Crippen LogP contribution in [0.2, 0.25) is 0 Å². The van der Waals surface area contributed by atoms with E-state index >= 15 is 0 Å². The lowest BCUT2D eigenvalue weighted by atomic mass is 10.5. The van der Waals surface area contributed by atoms with E-state index in [0.29, 0.717) is 13.7 Å². The first-order valence-electron chi connectivity index (χ1n) is 15.0. The summed E-state index contributed by atoms with van der Waals surface area (Å²) in [6.45, 7) is 7.72. The third kappa shape index (κ3) is 20.2. The summed E-state index contributed by atoms with van der Waals surface area (Å²) >= 11 is 0. The zero-order valence-electron chi connectivity index (χ0n) is 28.6. The molecule has 288 valence electrons. The molecule has 1 aromatic heterocycles. The minimum Gasteiger partial charge on any atom is -0.462 e. The lowest BCUT2D eigenvalue weighted by Crippen LogP contribution is -2.55. The molecule has 0 aliphatic heterocycles. The quantitative estimate of drug-likeness (QED) is 0.0739. The Bertz CT molecular complexity index is 1320. The van der Waals surface area contributed by atoms with Gasteiger partial charge in [-0.2, -0.15) is 0 Å². The second-order valence-electron chi connectivity index (χ2n) is 10.3. The second kappa shape index (κ2) is 25.3. The van der Waals surface area contributed by atoms with Crippen molar-refractivity contribution in [3.8, 4) is 0 Å². The molecule has 18 nitrogen and oxygen atoms in total. The van der Waals surface area contributed by atoms with Gasteiger partial charge in [-0.15, -0.1) is 0 Å². The molecular formula is C27H42N3O15S6+3. The molecule has 0 saturated heterocycles. The molecule has 0 spiro atoms. The highest BCUT2D eigenvalue weighted by Gasteiger charge is 2.23. The average Bonchev–Trinajstić information content (AvgIpc) is 3.01. The third-order valence-corrected chi connectivity index (χ3v) is 10.6. The van der Waals surface area contributed by atoms with Gasteiger partial charge in [-0.05, 0) is 41.5 Å². The summed E-state index contributed by atoms with van der Waals surface area (Å²) < 4.78 is 32.5. The Kier molecular flexibility index (Phi) is 23.0. The van der Waals surface area contributed by atoms with E-state index in [1.807, 2.05) is 0 Å². The van der Waals surface area contributed by atoms with E-state index in [0.717, 1.165) is 64.8 Å². The Morgan fingerprint density at radius 2 is 0.745 bits per heavy atom. The number of rotatable bonds is 21. The molecule has 0 aliphatic carbocycles. The minimum atomic E-state index is -1.04. The number of ether oxygens (including phenoxy) is 6. The fraction of sp³-hybridized carbons (Fsp3) is 0.667. The molecule has 51 heavy (non-hydrogen) atoms. The van der Waals surface area contributed by atoms with Crippen molar-refractivity contribution in [2.24, 2.45) is 0 Å². The number of aromatic nitrogens is 3. The standard InChI is InChI=1S/C27H39N3O15S6/c1-16(2)43-19(31)13-46-49-25(37)40-10-7-28-22(34)29(8-11-41-26(38)50-47-14-20(32)44-17(3)4)24(36)30(23(28)35)9-12-42-27(39)51-48-15-21(33)45-18(5)6/h16-18H,7-15H2,1-6H3/p+3.